The molecule has 2 aromatic heterocycles. The molecular formula is C24H21N3OS. The molecule has 0 radical (unpaired) electrons. The minimum atomic E-state index is 0.0346. The Morgan fingerprint density at radius 2 is 1.83 bits per heavy atom. The molecule has 0 unspecified atom stereocenters. The highest BCUT2D eigenvalue weighted by Crippen LogP contribution is 2.29. The molecule has 0 aliphatic carbocycles. The fraction of sp³-hybridized carbons (Fsp3) is 0.125. The molecule has 29 heavy (non-hydrogen) atoms. The van der Waals surface area contributed by atoms with E-state index in [0.717, 1.165) is 40.4 Å². The van der Waals surface area contributed by atoms with Crippen LogP contribution in [-0.4, -0.2) is 15.9 Å². The van der Waals surface area contributed by atoms with Gasteiger partial charge in [0.15, 0.2) is 0 Å². The first-order chi connectivity index (χ1) is 14.3. The minimum absolute atomic E-state index is 0.0346. The third kappa shape index (κ3) is 5.15. The van der Waals surface area contributed by atoms with Gasteiger partial charge in [-0.3, -0.25) is 9.78 Å². The molecule has 4 rings (SSSR count). The number of pyridine rings is 1. The van der Waals surface area contributed by atoms with Crippen LogP contribution in [0.4, 0.5) is 5.69 Å². The van der Waals surface area contributed by atoms with Crippen molar-refractivity contribution in [3.63, 3.8) is 0 Å². The van der Waals surface area contributed by atoms with Crippen molar-refractivity contribution in [2.24, 2.45) is 0 Å². The van der Waals surface area contributed by atoms with E-state index in [1.165, 1.54) is 5.56 Å². The number of anilines is 1. The van der Waals surface area contributed by atoms with Gasteiger partial charge < -0.3 is 5.32 Å². The Morgan fingerprint density at radius 3 is 2.66 bits per heavy atom. The van der Waals surface area contributed by atoms with Crippen molar-refractivity contribution in [2.45, 2.75) is 19.3 Å². The van der Waals surface area contributed by atoms with Gasteiger partial charge in [-0.25, -0.2) is 4.98 Å². The Labute approximate surface area is 174 Å². The lowest BCUT2D eigenvalue weighted by Crippen LogP contribution is -2.11. The number of thiazole rings is 1. The van der Waals surface area contributed by atoms with E-state index in [-0.39, 0.29) is 5.91 Å². The first kappa shape index (κ1) is 19.0. The number of aryl methyl sites for hydroxylation is 1. The molecule has 0 saturated heterocycles. The number of hydrogen-bond acceptors (Lipinski definition) is 4. The van der Waals surface area contributed by atoms with Gasteiger partial charge >= 0.3 is 0 Å². The predicted octanol–water partition coefficient (Wildman–Crippen LogP) is 5.83. The van der Waals surface area contributed by atoms with E-state index in [1.54, 1.807) is 17.5 Å². The van der Waals surface area contributed by atoms with Crippen LogP contribution >= 0.6 is 11.3 Å². The second kappa shape index (κ2) is 9.26. The average molecular weight is 400 g/mol. The molecule has 0 aliphatic rings. The summed E-state index contributed by atoms with van der Waals surface area (Å²) in [4.78, 5) is 21.2. The Balaban J connectivity index is 1.37. The fourth-order valence-corrected chi connectivity index (χ4v) is 3.93. The van der Waals surface area contributed by atoms with Crippen LogP contribution in [0, 0.1) is 0 Å². The second-order valence-electron chi connectivity index (χ2n) is 6.75. The number of carbonyl (C=O) groups excluding carboxylic acids is 1. The Hall–Kier alpha value is -3.31. The number of rotatable bonds is 7. The highest BCUT2D eigenvalue weighted by Gasteiger charge is 2.09. The largest absolute Gasteiger partial charge is 0.326 e. The first-order valence-corrected chi connectivity index (χ1v) is 10.5. The number of amides is 1. The number of nitrogens with one attached hydrogen (secondary N) is 1. The summed E-state index contributed by atoms with van der Waals surface area (Å²) in [5, 5.41) is 5.97. The summed E-state index contributed by atoms with van der Waals surface area (Å²) >= 11 is 1.59. The van der Waals surface area contributed by atoms with E-state index in [1.807, 2.05) is 66.2 Å². The Morgan fingerprint density at radius 1 is 0.966 bits per heavy atom. The predicted molar refractivity (Wildman–Crippen MR) is 119 cm³/mol. The molecule has 4 nitrogen and oxygen atoms in total. The summed E-state index contributed by atoms with van der Waals surface area (Å²) < 4.78 is 0. The topological polar surface area (TPSA) is 54.9 Å². The SMILES string of the molecule is O=C(CCCc1ccccc1)Nc1cccc(-c2csc(-c3cccnc3)n2)c1. The lowest BCUT2D eigenvalue weighted by atomic mass is 10.1. The van der Waals surface area contributed by atoms with E-state index in [4.69, 9.17) is 4.98 Å². The molecule has 2 aromatic carbocycles. The first-order valence-electron chi connectivity index (χ1n) is 9.58. The van der Waals surface area contributed by atoms with Crippen LogP contribution in [0.25, 0.3) is 21.8 Å². The summed E-state index contributed by atoms with van der Waals surface area (Å²) in [6, 6.07) is 22.0. The molecule has 1 amide bonds. The van der Waals surface area contributed by atoms with Crippen molar-refractivity contribution in [3.05, 3.63) is 90.1 Å². The maximum atomic E-state index is 12.3. The number of hydrogen-bond donors (Lipinski definition) is 1. The fourth-order valence-electron chi connectivity index (χ4n) is 3.11. The van der Waals surface area contributed by atoms with Crippen LogP contribution in [0.15, 0.2) is 84.5 Å². The second-order valence-corrected chi connectivity index (χ2v) is 7.61. The highest BCUT2D eigenvalue weighted by atomic mass is 32.1. The minimum Gasteiger partial charge on any atom is -0.326 e. The van der Waals surface area contributed by atoms with Crippen LogP contribution in [-0.2, 0) is 11.2 Å². The van der Waals surface area contributed by atoms with Crippen LogP contribution in [0.5, 0.6) is 0 Å². The molecule has 5 heteroatoms. The lowest BCUT2D eigenvalue weighted by molar-refractivity contribution is -0.116. The molecule has 144 valence electrons. The summed E-state index contributed by atoms with van der Waals surface area (Å²) in [5.74, 6) is 0.0346. The van der Waals surface area contributed by atoms with Gasteiger partial charge in [-0.05, 0) is 42.7 Å². The Kier molecular flexibility index (Phi) is 6.07. The molecule has 4 aromatic rings. The molecule has 1 N–H and O–H groups in total. The summed E-state index contributed by atoms with van der Waals surface area (Å²) in [6.45, 7) is 0. The molecule has 0 fully saturated rings. The molecular weight excluding hydrogens is 378 g/mol. The van der Waals surface area contributed by atoms with Crippen molar-refractivity contribution in [2.75, 3.05) is 5.32 Å². The maximum Gasteiger partial charge on any atom is 0.224 e. The van der Waals surface area contributed by atoms with Gasteiger partial charge in [0.1, 0.15) is 5.01 Å². The molecule has 0 atom stereocenters. The van der Waals surface area contributed by atoms with E-state index in [2.05, 4.69) is 22.4 Å². The Bertz CT molecular complexity index is 1080. The summed E-state index contributed by atoms with van der Waals surface area (Å²) in [7, 11) is 0. The molecule has 0 aliphatic heterocycles. The van der Waals surface area contributed by atoms with Gasteiger partial charge in [-0.15, -0.1) is 11.3 Å². The number of aromatic nitrogens is 2. The van der Waals surface area contributed by atoms with Crippen LogP contribution in [0.2, 0.25) is 0 Å². The van der Waals surface area contributed by atoms with E-state index < -0.39 is 0 Å². The highest BCUT2D eigenvalue weighted by molar-refractivity contribution is 7.13. The van der Waals surface area contributed by atoms with Gasteiger partial charge in [-0.1, -0.05) is 42.5 Å². The zero-order chi connectivity index (χ0) is 19.9. The van der Waals surface area contributed by atoms with Crippen molar-refractivity contribution >= 4 is 22.9 Å². The molecule has 0 bridgehead atoms. The average Bonchev–Trinajstić information content (AvgIpc) is 3.26. The van der Waals surface area contributed by atoms with Gasteiger partial charge in [0, 0.05) is 41.0 Å². The van der Waals surface area contributed by atoms with Gasteiger partial charge in [0.2, 0.25) is 5.91 Å². The smallest absolute Gasteiger partial charge is 0.224 e. The van der Waals surface area contributed by atoms with E-state index >= 15 is 0 Å². The van der Waals surface area contributed by atoms with Crippen molar-refractivity contribution in [1.29, 1.82) is 0 Å². The van der Waals surface area contributed by atoms with E-state index in [0.29, 0.717) is 6.42 Å². The molecule has 2 heterocycles. The van der Waals surface area contributed by atoms with Gasteiger partial charge in [-0.2, -0.15) is 0 Å². The summed E-state index contributed by atoms with van der Waals surface area (Å²) in [5.41, 5.74) is 4.94. The van der Waals surface area contributed by atoms with Gasteiger partial charge in [0.05, 0.1) is 5.69 Å². The van der Waals surface area contributed by atoms with Crippen molar-refractivity contribution in [1.82, 2.24) is 9.97 Å². The van der Waals surface area contributed by atoms with Crippen molar-refractivity contribution < 1.29 is 4.79 Å². The van der Waals surface area contributed by atoms with Crippen LogP contribution in [0.3, 0.4) is 0 Å². The van der Waals surface area contributed by atoms with E-state index in [9.17, 15) is 4.79 Å². The standard InChI is InChI=1S/C24H21N3OS/c28-23(13-4-9-18-7-2-1-3-8-18)26-21-12-5-10-19(15-21)22-17-29-24(27-22)20-11-6-14-25-16-20/h1-3,5-8,10-12,14-17H,4,9,13H2,(H,26,28). The zero-order valence-electron chi connectivity index (χ0n) is 15.9. The normalized spacial score (nSPS) is 10.6. The summed E-state index contributed by atoms with van der Waals surface area (Å²) in [6.07, 6.45) is 5.81. The zero-order valence-corrected chi connectivity index (χ0v) is 16.7. The third-order valence-corrected chi connectivity index (χ3v) is 5.46. The monoisotopic (exact) mass is 399 g/mol. The molecule has 0 spiro atoms. The van der Waals surface area contributed by atoms with Crippen LogP contribution < -0.4 is 5.32 Å². The number of benzene rings is 2. The quantitative estimate of drug-likeness (QED) is 0.425. The van der Waals surface area contributed by atoms with Gasteiger partial charge in [0.25, 0.3) is 0 Å². The maximum absolute atomic E-state index is 12.3. The van der Waals surface area contributed by atoms with Crippen LogP contribution in [0.1, 0.15) is 18.4 Å². The number of carbonyl (C=O) groups is 1. The molecule has 0 saturated carbocycles. The lowest BCUT2D eigenvalue weighted by Gasteiger charge is -2.07. The van der Waals surface area contributed by atoms with Crippen molar-refractivity contribution in [3.8, 4) is 21.8 Å². The third-order valence-electron chi connectivity index (χ3n) is 4.57. The number of nitrogens with zero attached hydrogens (tertiary/aromatic N) is 2.